The lowest BCUT2D eigenvalue weighted by molar-refractivity contribution is -0.114. The maximum atomic E-state index is 12.5. The summed E-state index contributed by atoms with van der Waals surface area (Å²) in [6, 6.07) is 8.33. The second-order valence-corrected chi connectivity index (χ2v) is 10.0. The van der Waals surface area contributed by atoms with E-state index >= 15 is 0 Å². The Morgan fingerprint density at radius 3 is 2.27 bits per heavy atom. The van der Waals surface area contributed by atoms with E-state index in [1.807, 2.05) is 19.1 Å². The minimum Gasteiger partial charge on any atom is -0.399 e. The van der Waals surface area contributed by atoms with Crippen LogP contribution in [-0.2, 0) is 30.5 Å². The van der Waals surface area contributed by atoms with Gasteiger partial charge < -0.3 is 24.6 Å². The van der Waals surface area contributed by atoms with Gasteiger partial charge in [-0.1, -0.05) is 50.9 Å². The number of nitrogens with zero attached hydrogens (tertiary/aromatic N) is 4. The summed E-state index contributed by atoms with van der Waals surface area (Å²) in [5, 5.41) is 15.2. The highest BCUT2D eigenvalue weighted by atomic mass is 16.6. The minimum absolute atomic E-state index is 0.208. The molecule has 1 aromatic rings. The number of hydrogen-bond donors (Lipinski definition) is 1. The number of hydrogen-bond acceptors (Lipinski definition) is 9. The molecule has 1 aromatic carbocycles. The number of allylic oxidation sites excluding steroid dienone is 2. The van der Waals surface area contributed by atoms with E-state index in [0.717, 1.165) is 62.4 Å². The van der Waals surface area contributed by atoms with Gasteiger partial charge in [-0.15, -0.1) is 0 Å². The fraction of sp³-hybridized carbons (Fsp3) is 0.533. The molecular formula is C30H43N5O5. The van der Waals surface area contributed by atoms with Crippen LogP contribution < -0.4 is 5.32 Å². The van der Waals surface area contributed by atoms with Gasteiger partial charge in [0.25, 0.3) is 5.91 Å². The van der Waals surface area contributed by atoms with Gasteiger partial charge in [-0.2, -0.15) is 0 Å². The van der Waals surface area contributed by atoms with E-state index in [9.17, 15) is 4.79 Å². The highest BCUT2D eigenvalue weighted by Crippen LogP contribution is 2.31. The zero-order valence-corrected chi connectivity index (χ0v) is 24.7. The predicted molar refractivity (Wildman–Crippen MR) is 158 cm³/mol. The Morgan fingerprint density at radius 1 is 0.975 bits per heavy atom. The highest BCUT2D eigenvalue weighted by molar-refractivity contribution is 6.47. The molecule has 40 heavy (non-hydrogen) atoms. The van der Waals surface area contributed by atoms with E-state index in [1.54, 1.807) is 7.05 Å². The quantitative estimate of drug-likeness (QED) is 0.226. The number of morpholine rings is 1. The summed E-state index contributed by atoms with van der Waals surface area (Å²) >= 11 is 0. The van der Waals surface area contributed by atoms with Crippen molar-refractivity contribution >= 4 is 23.0 Å². The molecule has 10 heteroatoms. The van der Waals surface area contributed by atoms with Crippen LogP contribution in [0.2, 0.25) is 0 Å². The molecule has 218 valence electrons. The van der Waals surface area contributed by atoms with Gasteiger partial charge in [-0.25, -0.2) is 0 Å². The minimum atomic E-state index is -0.305. The summed E-state index contributed by atoms with van der Waals surface area (Å²) in [5.41, 5.74) is 7.78. The molecule has 0 unspecified atom stereocenters. The third kappa shape index (κ3) is 8.76. The molecular weight excluding hydrogens is 510 g/mol. The Bertz CT molecular complexity index is 1160. The van der Waals surface area contributed by atoms with Crippen LogP contribution in [0, 0.1) is 0 Å². The molecule has 0 spiro atoms. The van der Waals surface area contributed by atoms with Crippen LogP contribution in [0.25, 0.3) is 0 Å². The van der Waals surface area contributed by atoms with Gasteiger partial charge in [0.2, 0.25) is 0 Å². The lowest BCUT2D eigenvalue weighted by atomic mass is 9.85. The normalized spacial score (nSPS) is 17.7. The van der Waals surface area contributed by atoms with Crippen molar-refractivity contribution in [2.24, 2.45) is 15.5 Å². The number of aryl methyl sites for hydroxylation is 1. The first-order valence-electron chi connectivity index (χ1n) is 13.7. The number of amides is 1. The van der Waals surface area contributed by atoms with Crippen LogP contribution >= 0.6 is 0 Å². The SMILES string of the molecule is CNC(=O)/C(=N/OC)C1=C(CO/N=C(C)/C(=N/OC)c2ccc(CCCN3CCOCC3)cc2)CC(C)=C(C)C1. The molecule has 2 aliphatic rings. The van der Waals surface area contributed by atoms with E-state index in [1.165, 1.54) is 30.9 Å². The van der Waals surface area contributed by atoms with Crippen molar-refractivity contribution in [1.29, 1.82) is 0 Å². The van der Waals surface area contributed by atoms with Gasteiger partial charge in [0.1, 0.15) is 32.2 Å². The Balaban J connectivity index is 1.68. The van der Waals surface area contributed by atoms with Crippen LogP contribution in [0.1, 0.15) is 51.2 Å². The Labute approximate surface area is 237 Å². The van der Waals surface area contributed by atoms with Gasteiger partial charge in [0, 0.05) is 25.7 Å². The monoisotopic (exact) mass is 553 g/mol. The average Bonchev–Trinajstić information content (AvgIpc) is 2.97. The van der Waals surface area contributed by atoms with Gasteiger partial charge in [-0.05, 0) is 69.7 Å². The van der Waals surface area contributed by atoms with Crippen LogP contribution in [0.4, 0.5) is 0 Å². The zero-order chi connectivity index (χ0) is 28.9. The highest BCUT2D eigenvalue weighted by Gasteiger charge is 2.25. The molecule has 1 amide bonds. The van der Waals surface area contributed by atoms with Crippen LogP contribution in [-0.4, -0.2) is 88.7 Å². The number of oxime groups is 3. The number of carbonyl (C=O) groups is 1. The summed E-state index contributed by atoms with van der Waals surface area (Å²) in [6.45, 7) is 11.0. The molecule has 0 bridgehead atoms. The molecule has 10 nitrogen and oxygen atoms in total. The summed E-state index contributed by atoms with van der Waals surface area (Å²) in [4.78, 5) is 30.9. The number of rotatable bonds is 13. The first-order valence-corrected chi connectivity index (χ1v) is 13.7. The molecule has 0 aromatic heterocycles. The molecule has 0 radical (unpaired) electrons. The van der Waals surface area contributed by atoms with Crippen molar-refractivity contribution in [3.05, 3.63) is 57.7 Å². The van der Waals surface area contributed by atoms with Gasteiger partial charge in [0.05, 0.1) is 13.2 Å². The smallest absolute Gasteiger partial charge is 0.273 e. The van der Waals surface area contributed by atoms with Crippen LogP contribution in [0.3, 0.4) is 0 Å². The van der Waals surface area contributed by atoms with E-state index in [4.69, 9.17) is 19.2 Å². The first-order chi connectivity index (χ1) is 19.4. The van der Waals surface area contributed by atoms with Crippen molar-refractivity contribution in [1.82, 2.24) is 10.2 Å². The van der Waals surface area contributed by atoms with Crippen molar-refractivity contribution in [2.75, 3.05) is 60.7 Å². The lowest BCUT2D eigenvalue weighted by Gasteiger charge is -2.26. The Hall–Kier alpha value is -3.50. The Morgan fingerprint density at radius 2 is 1.62 bits per heavy atom. The molecule has 3 rings (SSSR count). The Kier molecular flexibility index (Phi) is 12.4. The van der Waals surface area contributed by atoms with Crippen LogP contribution in [0.5, 0.6) is 0 Å². The van der Waals surface area contributed by atoms with Gasteiger partial charge in [0.15, 0.2) is 5.71 Å². The van der Waals surface area contributed by atoms with Crippen LogP contribution in [0.15, 0.2) is 62.0 Å². The van der Waals surface area contributed by atoms with E-state index < -0.39 is 0 Å². The zero-order valence-electron chi connectivity index (χ0n) is 24.7. The van der Waals surface area contributed by atoms with E-state index in [0.29, 0.717) is 24.3 Å². The molecule has 0 atom stereocenters. The van der Waals surface area contributed by atoms with Crippen molar-refractivity contribution < 1.29 is 24.0 Å². The third-order valence-electron chi connectivity index (χ3n) is 7.22. The first kappa shape index (κ1) is 31.0. The fourth-order valence-electron chi connectivity index (χ4n) is 4.78. The molecule has 1 aliphatic carbocycles. The summed E-state index contributed by atoms with van der Waals surface area (Å²) in [6.07, 6.45) is 3.38. The number of carbonyl (C=O) groups excluding carboxylic acids is 1. The maximum Gasteiger partial charge on any atom is 0.273 e. The second-order valence-electron chi connectivity index (χ2n) is 10.0. The molecule has 1 N–H and O–H groups in total. The van der Waals surface area contributed by atoms with Crippen molar-refractivity contribution in [2.45, 2.75) is 46.5 Å². The molecule has 1 heterocycles. The summed E-state index contributed by atoms with van der Waals surface area (Å²) in [5.74, 6) is -0.305. The number of benzene rings is 1. The van der Waals surface area contributed by atoms with E-state index in [2.05, 4.69) is 51.7 Å². The standard InChI is InChI=1S/C30H43N5O5/c1-21-18-26(27(19-22(21)2)29(34-38-6)30(36)31-4)20-40-32-23(3)28(33-37-5)25-11-9-24(10-12-25)8-7-13-35-14-16-39-17-15-35/h9-12H,7-8,13-20H2,1-6H3,(H,31,36)/b32-23+,33-28-,34-29+. The third-order valence-corrected chi connectivity index (χ3v) is 7.22. The lowest BCUT2D eigenvalue weighted by Crippen LogP contribution is -2.36. The molecule has 0 saturated carbocycles. The van der Waals surface area contributed by atoms with Crippen molar-refractivity contribution in [3.63, 3.8) is 0 Å². The van der Waals surface area contributed by atoms with Gasteiger partial charge >= 0.3 is 0 Å². The second kappa shape index (κ2) is 15.9. The van der Waals surface area contributed by atoms with E-state index in [-0.39, 0.29) is 18.2 Å². The van der Waals surface area contributed by atoms with Gasteiger partial charge in [-0.3, -0.25) is 9.69 Å². The summed E-state index contributed by atoms with van der Waals surface area (Å²) in [7, 11) is 4.52. The fourth-order valence-corrected chi connectivity index (χ4v) is 4.78. The maximum absolute atomic E-state index is 12.5. The predicted octanol–water partition coefficient (Wildman–Crippen LogP) is 3.87. The topological polar surface area (TPSA) is 106 Å². The molecule has 1 saturated heterocycles. The average molecular weight is 554 g/mol. The number of nitrogens with one attached hydrogen (secondary N) is 1. The van der Waals surface area contributed by atoms with Crippen molar-refractivity contribution in [3.8, 4) is 0 Å². The summed E-state index contributed by atoms with van der Waals surface area (Å²) < 4.78 is 5.43. The molecule has 1 aliphatic heterocycles. The molecule has 1 fully saturated rings. The number of ether oxygens (including phenoxy) is 1. The largest absolute Gasteiger partial charge is 0.399 e.